The molecule has 4 heteroatoms. The average Bonchev–Trinajstić information content (AvgIpc) is 2.52. The molecule has 1 fully saturated rings. The van der Waals surface area contributed by atoms with Crippen LogP contribution < -0.4 is 5.32 Å². The van der Waals surface area contributed by atoms with Crippen molar-refractivity contribution in [2.24, 2.45) is 0 Å². The molecule has 1 aliphatic heterocycles. The molecule has 1 unspecified atom stereocenters. The molecule has 1 aliphatic rings. The first-order chi connectivity index (χ1) is 10.9. The van der Waals surface area contributed by atoms with Crippen LogP contribution in [0.4, 0.5) is 5.69 Å². The summed E-state index contributed by atoms with van der Waals surface area (Å²) >= 11 is 0. The van der Waals surface area contributed by atoms with Gasteiger partial charge in [-0.2, -0.15) is 0 Å². The van der Waals surface area contributed by atoms with E-state index in [1.165, 1.54) is 24.8 Å². The number of carbonyl (C=O) groups excluding carboxylic acids is 1. The first-order valence-electron chi connectivity index (χ1n) is 9.18. The number of likely N-dealkylation sites (N-methyl/N-ethyl adjacent to an activating group) is 1. The minimum Gasteiger partial charge on any atom is -0.320 e. The van der Waals surface area contributed by atoms with Gasteiger partial charge >= 0.3 is 0 Å². The summed E-state index contributed by atoms with van der Waals surface area (Å²) in [6.07, 6.45) is 4.72. The third-order valence-electron chi connectivity index (χ3n) is 5.61. The van der Waals surface area contributed by atoms with E-state index in [0.29, 0.717) is 0 Å². The van der Waals surface area contributed by atoms with Gasteiger partial charge in [-0.25, -0.2) is 0 Å². The van der Waals surface area contributed by atoms with Crippen molar-refractivity contribution in [3.8, 4) is 0 Å². The van der Waals surface area contributed by atoms with Gasteiger partial charge in [0, 0.05) is 44.8 Å². The van der Waals surface area contributed by atoms with E-state index in [1.807, 2.05) is 0 Å². The number of anilines is 1. The van der Waals surface area contributed by atoms with E-state index in [4.69, 9.17) is 0 Å². The smallest absolute Gasteiger partial charge is 0.282 e. The van der Waals surface area contributed by atoms with Crippen molar-refractivity contribution in [1.29, 1.82) is 0 Å². The van der Waals surface area contributed by atoms with Crippen molar-refractivity contribution in [2.45, 2.75) is 66.3 Å². The fourth-order valence-electron chi connectivity index (χ4n) is 4.40. The second-order valence-corrected chi connectivity index (χ2v) is 7.23. The summed E-state index contributed by atoms with van der Waals surface area (Å²) in [5.74, 6) is 0.200. The van der Waals surface area contributed by atoms with Crippen molar-refractivity contribution in [2.75, 3.05) is 25.0 Å². The van der Waals surface area contributed by atoms with Crippen molar-refractivity contribution in [1.82, 2.24) is 0 Å². The van der Waals surface area contributed by atoms with Crippen LogP contribution in [0.15, 0.2) is 12.1 Å². The fourth-order valence-corrected chi connectivity index (χ4v) is 4.40. The van der Waals surface area contributed by atoms with Gasteiger partial charge in [0.15, 0.2) is 6.04 Å². The first-order valence-corrected chi connectivity index (χ1v) is 9.18. The van der Waals surface area contributed by atoms with E-state index in [-0.39, 0.29) is 44.7 Å². The number of quaternary nitrogens is 1. The first kappa shape index (κ1) is 21.8. The third kappa shape index (κ3) is 4.68. The molecule has 1 aromatic carbocycles. The number of amides is 1. The number of rotatable bonds is 5. The zero-order valence-electron chi connectivity index (χ0n) is 16.1. The van der Waals surface area contributed by atoms with Crippen molar-refractivity contribution in [3.05, 3.63) is 28.8 Å². The molecule has 1 saturated heterocycles. The van der Waals surface area contributed by atoms with Gasteiger partial charge in [0.2, 0.25) is 0 Å². The molecule has 0 bridgehead atoms. The van der Waals surface area contributed by atoms with Crippen LogP contribution in [0.5, 0.6) is 0 Å². The van der Waals surface area contributed by atoms with Crippen LogP contribution in [0.2, 0.25) is 0 Å². The van der Waals surface area contributed by atoms with Gasteiger partial charge in [0.05, 0.1) is 19.6 Å². The molecule has 0 aromatic heterocycles. The predicted molar refractivity (Wildman–Crippen MR) is 97.7 cm³/mol. The standard InChI is InChI=1S/C20H32N2O.Y/c1-6-18(22(7-2)11-9-8-10-12-22)20(23)21-19-16(4)13-15(3)14-17(19)5;/h13-14,18H,6-12H2,1-5H3;/p+1. The Kier molecular flexibility index (Phi) is 8.58. The molecule has 131 valence electrons. The molecule has 0 spiro atoms. The summed E-state index contributed by atoms with van der Waals surface area (Å²) in [5, 5.41) is 3.26. The van der Waals surface area contributed by atoms with Crippen LogP contribution in [-0.4, -0.2) is 36.1 Å². The minimum absolute atomic E-state index is 0. The quantitative estimate of drug-likeness (QED) is 0.724. The van der Waals surface area contributed by atoms with Crippen molar-refractivity contribution in [3.63, 3.8) is 0 Å². The minimum atomic E-state index is 0. The second-order valence-electron chi connectivity index (χ2n) is 7.23. The summed E-state index contributed by atoms with van der Waals surface area (Å²) in [6, 6.07) is 4.36. The zero-order valence-corrected chi connectivity index (χ0v) is 19.0. The van der Waals surface area contributed by atoms with Gasteiger partial charge in [0.25, 0.3) is 5.91 Å². The van der Waals surface area contributed by atoms with Crippen LogP contribution in [0.3, 0.4) is 0 Å². The number of carbonyl (C=O) groups is 1. The number of hydrogen-bond acceptors (Lipinski definition) is 1. The molecule has 1 heterocycles. The van der Waals surface area contributed by atoms with Gasteiger partial charge < -0.3 is 9.80 Å². The van der Waals surface area contributed by atoms with Gasteiger partial charge in [-0.1, -0.05) is 24.6 Å². The SMILES string of the molecule is CCC(C(=O)Nc1c(C)cc(C)cc1C)[N+]1(CC)CCCCC1.[Y]. The number of nitrogens with one attached hydrogen (secondary N) is 1. The Morgan fingerprint density at radius 2 is 1.62 bits per heavy atom. The zero-order chi connectivity index (χ0) is 17.0. The second kappa shape index (κ2) is 9.45. The van der Waals surface area contributed by atoms with Gasteiger partial charge in [-0.05, 0) is 58.1 Å². The normalized spacial score (nSPS) is 17.7. The number of hydrogen-bond donors (Lipinski definition) is 1. The van der Waals surface area contributed by atoms with Crippen LogP contribution in [0, 0.1) is 20.8 Å². The van der Waals surface area contributed by atoms with Crippen LogP contribution in [0.25, 0.3) is 0 Å². The maximum atomic E-state index is 13.1. The molecule has 2 rings (SSSR count). The van der Waals surface area contributed by atoms with Crippen LogP contribution >= 0.6 is 0 Å². The number of likely N-dealkylation sites (tertiary alicyclic amines) is 1. The Bertz CT molecular complexity index is 542. The number of aryl methyl sites for hydroxylation is 3. The van der Waals surface area contributed by atoms with E-state index in [0.717, 1.165) is 47.4 Å². The fraction of sp³-hybridized carbons (Fsp3) is 0.650. The summed E-state index contributed by atoms with van der Waals surface area (Å²) < 4.78 is 0.965. The Balaban J connectivity index is 0.00000288. The Hall–Kier alpha value is -0.246. The molecule has 1 atom stereocenters. The molecule has 3 nitrogen and oxygen atoms in total. The molecule has 0 aliphatic carbocycles. The Morgan fingerprint density at radius 3 is 2.08 bits per heavy atom. The Morgan fingerprint density at radius 1 is 1.08 bits per heavy atom. The maximum absolute atomic E-state index is 13.1. The molecular weight excluding hydrogens is 373 g/mol. The maximum Gasteiger partial charge on any atom is 0.282 e. The largest absolute Gasteiger partial charge is 0.320 e. The summed E-state index contributed by atoms with van der Waals surface area (Å²) in [7, 11) is 0. The molecule has 0 saturated carbocycles. The average molecular weight is 406 g/mol. The Labute approximate surface area is 173 Å². The molecule has 24 heavy (non-hydrogen) atoms. The number of piperidine rings is 1. The predicted octanol–water partition coefficient (Wildman–Crippen LogP) is 4.35. The molecule has 1 amide bonds. The molecule has 1 N–H and O–H groups in total. The van der Waals surface area contributed by atoms with E-state index in [1.54, 1.807) is 0 Å². The van der Waals surface area contributed by atoms with E-state index in [2.05, 4.69) is 52.1 Å². The van der Waals surface area contributed by atoms with Crippen molar-refractivity contribution < 1.29 is 42.0 Å². The van der Waals surface area contributed by atoms with Crippen LogP contribution in [-0.2, 0) is 37.5 Å². The monoisotopic (exact) mass is 406 g/mol. The van der Waals surface area contributed by atoms with E-state index < -0.39 is 0 Å². The third-order valence-corrected chi connectivity index (χ3v) is 5.61. The summed E-state index contributed by atoms with van der Waals surface area (Å²) in [5.41, 5.74) is 4.57. The summed E-state index contributed by atoms with van der Waals surface area (Å²) in [6.45, 7) is 14.0. The van der Waals surface area contributed by atoms with Crippen molar-refractivity contribution >= 4 is 11.6 Å². The molecule has 1 radical (unpaired) electrons. The number of benzene rings is 1. The van der Waals surface area contributed by atoms with Gasteiger partial charge in [-0.3, -0.25) is 4.79 Å². The van der Waals surface area contributed by atoms with E-state index >= 15 is 0 Å². The van der Waals surface area contributed by atoms with Gasteiger partial charge in [0.1, 0.15) is 0 Å². The van der Waals surface area contributed by atoms with Crippen LogP contribution in [0.1, 0.15) is 56.2 Å². The van der Waals surface area contributed by atoms with E-state index in [9.17, 15) is 4.79 Å². The number of nitrogens with zero attached hydrogens (tertiary/aromatic N) is 1. The van der Waals surface area contributed by atoms with Gasteiger partial charge in [-0.15, -0.1) is 0 Å². The molecular formula is C20H33N2OY+. The molecule has 1 aromatic rings. The summed E-state index contributed by atoms with van der Waals surface area (Å²) in [4.78, 5) is 13.1. The topological polar surface area (TPSA) is 29.1 Å².